The molecule has 128 valence electrons. The first-order chi connectivity index (χ1) is 12.2. The van der Waals surface area contributed by atoms with Crippen molar-refractivity contribution >= 4 is 0 Å². The smallest absolute Gasteiger partial charge is 0.0461 e. The van der Waals surface area contributed by atoms with Crippen molar-refractivity contribution in [2.45, 2.75) is 0 Å². The van der Waals surface area contributed by atoms with Crippen molar-refractivity contribution in [1.82, 2.24) is 4.90 Å². The maximum atomic E-state index is 3.82. The van der Waals surface area contributed by atoms with Gasteiger partial charge in [-0.05, 0) is 36.5 Å². The highest BCUT2D eigenvalue weighted by atomic mass is 15.2. The lowest BCUT2D eigenvalue weighted by Crippen LogP contribution is -2.19. The Kier molecular flexibility index (Phi) is 12.4. The molecule has 1 heteroatoms. The zero-order chi connectivity index (χ0) is 18.9. The summed E-state index contributed by atoms with van der Waals surface area (Å²) in [6, 6.07) is 0. The molecule has 0 radical (unpaired) electrons. The Bertz CT molecular complexity index is 578. The molecular formula is C24H27N. The standard InChI is InChI=1S/C24H27N/c1-7-13-19-22(16-10-4)25(23(17-11-5)20-14-8-2)24(18-12-6)21-15-9-3/h7-21H,1-6H2/b19-13-,20-14-,21-15-,22-16+,23-17+,24-18+. The van der Waals surface area contributed by atoms with Crippen LogP contribution >= 0.6 is 0 Å². The number of nitrogens with zero attached hydrogens (tertiary/aromatic N) is 1. The zero-order valence-electron chi connectivity index (χ0n) is 14.9. The average Bonchev–Trinajstić information content (AvgIpc) is 2.62. The summed E-state index contributed by atoms with van der Waals surface area (Å²) in [7, 11) is 0. The van der Waals surface area contributed by atoms with E-state index in [1.54, 1.807) is 36.5 Å². The SMILES string of the molecule is C=C/C=C\C(=C/C=C)N(C(/C=C\C=C)=C/C=C)C(/C=C\C=C)=C/C=C. The fraction of sp³-hybridized carbons (Fsp3) is 0. The highest BCUT2D eigenvalue weighted by molar-refractivity contribution is 5.42. The van der Waals surface area contributed by atoms with Crippen molar-refractivity contribution in [3.05, 3.63) is 148 Å². The minimum Gasteiger partial charge on any atom is -0.311 e. The lowest BCUT2D eigenvalue weighted by atomic mass is 10.1. The van der Waals surface area contributed by atoms with E-state index in [1.807, 2.05) is 59.6 Å². The van der Waals surface area contributed by atoms with Crippen molar-refractivity contribution in [3.63, 3.8) is 0 Å². The molecule has 0 spiro atoms. The largest absolute Gasteiger partial charge is 0.311 e. The molecule has 0 unspecified atom stereocenters. The molecule has 0 atom stereocenters. The normalized spacial score (nSPS) is 13.2. The van der Waals surface area contributed by atoms with Crippen LogP contribution in [0.4, 0.5) is 0 Å². The molecule has 0 aromatic rings. The predicted molar refractivity (Wildman–Crippen MR) is 115 cm³/mol. The molecule has 0 aromatic carbocycles. The first-order valence-electron chi connectivity index (χ1n) is 7.85. The minimum atomic E-state index is 0.901. The van der Waals surface area contributed by atoms with E-state index in [2.05, 4.69) is 39.5 Å². The van der Waals surface area contributed by atoms with E-state index < -0.39 is 0 Å². The predicted octanol–water partition coefficient (Wildman–Crippen LogP) is 6.72. The molecule has 1 nitrogen and oxygen atoms in total. The summed E-state index contributed by atoms with van der Waals surface area (Å²) in [5, 5.41) is 0. The number of hydrogen-bond donors (Lipinski definition) is 0. The van der Waals surface area contributed by atoms with Crippen LogP contribution < -0.4 is 0 Å². The quantitative estimate of drug-likeness (QED) is 0.359. The van der Waals surface area contributed by atoms with E-state index in [9.17, 15) is 0 Å². The van der Waals surface area contributed by atoms with Crippen LogP contribution in [0.5, 0.6) is 0 Å². The van der Waals surface area contributed by atoms with Crippen LogP contribution in [-0.2, 0) is 0 Å². The fourth-order valence-corrected chi connectivity index (χ4v) is 1.92. The van der Waals surface area contributed by atoms with Crippen LogP contribution in [0.25, 0.3) is 0 Å². The Labute approximate surface area is 153 Å². The molecule has 0 fully saturated rings. The zero-order valence-corrected chi connectivity index (χ0v) is 14.9. The third kappa shape index (κ3) is 8.19. The summed E-state index contributed by atoms with van der Waals surface area (Å²) in [5.74, 6) is 0. The molecule has 0 heterocycles. The number of rotatable bonds is 12. The van der Waals surface area contributed by atoms with Crippen LogP contribution in [0.15, 0.2) is 148 Å². The van der Waals surface area contributed by atoms with Crippen molar-refractivity contribution in [3.8, 4) is 0 Å². The van der Waals surface area contributed by atoms with Crippen LogP contribution in [0.2, 0.25) is 0 Å². The van der Waals surface area contributed by atoms with E-state index in [4.69, 9.17) is 0 Å². The highest BCUT2D eigenvalue weighted by Gasteiger charge is 2.13. The molecule has 0 rings (SSSR count). The Morgan fingerprint density at radius 2 is 0.720 bits per heavy atom. The summed E-state index contributed by atoms with van der Waals surface area (Å²) in [4.78, 5) is 2.05. The second kappa shape index (κ2) is 14.3. The molecule has 0 aromatic heterocycles. The molecule has 0 amide bonds. The second-order valence-corrected chi connectivity index (χ2v) is 4.60. The van der Waals surface area contributed by atoms with Crippen molar-refractivity contribution in [2.75, 3.05) is 0 Å². The Hall–Kier alpha value is -3.32. The maximum absolute atomic E-state index is 3.82. The van der Waals surface area contributed by atoms with Gasteiger partial charge >= 0.3 is 0 Å². The molecule has 0 saturated heterocycles. The average molecular weight is 329 g/mol. The Morgan fingerprint density at radius 3 is 0.920 bits per heavy atom. The molecule has 25 heavy (non-hydrogen) atoms. The van der Waals surface area contributed by atoms with Gasteiger partial charge in [-0.15, -0.1) is 0 Å². The van der Waals surface area contributed by atoms with E-state index in [-0.39, 0.29) is 0 Å². The number of hydrogen-bond acceptors (Lipinski definition) is 1. The van der Waals surface area contributed by atoms with Crippen molar-refractivity contribution in [2.24, 2.45) is 0 Å². The third-order valence-electron chi connectivity index (χ3n) is 2.85. The number of allylic oxidation sites excluding steroid dienone is 15. The van der Waals surface area contributed by atoms with Gasteiger partial charge in [0.15, 0.2) is 0 Å². The van der Waals surface area contributed by atoms with Gasteiger partial charge in [-0.1, -0.05) is 94.2 Å². The maximum Gasteiger partial charge on any atom is 0.0461 e. The van der Waals surface area contributed by atoms with Gasteiger partial charge in [-0.2, -0.15) is 0 Å². The lowest BCUT2D eigenvalue weighted by molar-refractivity contribution is 0.578. The summed E-state index contributed by atoms with van der Waals surface area (Å²) in [6.07, 6.45) is 27.6. The van der Waals surface area contributed by atoms with E-state index in [0.29, 0.717) is 0 Å². The van der Waals surface area contributed by atoms with Gasteiger partial charge < -0.3 is 4.90 Å². The molecular weight excluding hydrogens is 302 g/mol. The van der Waals surface area contributed by atoms with Crippen LogP contribution in [0, 0.1) is 0 Å². The molecule has 0 aliphatic heterocycles. The van der Waals surface area contributed by atoms with Gasteiger partial charge in [0.2, 0.25) is 0 Å². The minimum absolute atomic E-state index is 0.901. The Morgan fingerprint density at radius 1 is 0.440 bits per heavy atom. The summed E-state index contributed by atoms with van der Waals surface area (Å²) in [6.45, 7) is 22.7. The molecule has 0 aliphatic rings. The van der Waals surface area contributed by atoms with Crippen LogP contribution in [-0.4, -0.2) is 4.90 Å². The topological polar surface area (TPSA) is 3.24 Å². The van der Waals surface area contributed by atoms with Crippen LogP contribution in [0.3, 0.4) is 0 Å². The summed E-state index contributed by atoms with van der Waals surface area (Å²) in [5.41, 5.74) is 2.70. The molecule has 0 aliphatic carbocycles. The highest BCUT2D eigenvalue weighted by Crippen LogP contribution is 2.24. The first kappa shape index (κ1) is 21.7. The van der Waals surface area contributed by atoms with Gasteiger partial charge in [-0.25, -0.2) is 0 Å². The lowest BCUT2D eigenvalue weighted by Gasteiger charge is -2.28. The molecule has 0 N–H and O–H groups in total. The fourth-order valence-electron chi connectivity index (χ4n) is 1.92. The van der Waals surface area contributed by atoms with E-state index in [0.717, 1.165) is 17.1 Å². The van der Waals surface area contributed by atoms with Gasteiger partial charge in [0, 0.05) is 17.1 Å². The van der Waals surface area contributed by atoms with E-state index in [1.165, 1.54) is 0 Å². The molecule has 0 bridgehead atoms. The second-order valence-electron chi connectivity index (χ2n) is 4.60. The van der Waals surface area contributed by atoms with E-state index >= 15 is 0 Å². The molecule has 0 saturated carbocycles. The van der Waals surface area contributed by atoms with Gasteiger partial charge in [0.1, 0.15) is 0 Å². The van der Waals surface area contributed by atoms with Crippen LogP contribution in [0.1, 0.15) is 0 Å². The Balaban J connectivity index is 6.60. The third-order valence-corrected chi connectivity index (χ3v) is 2.85. The van der Waals surface area contributed by atoms with Crippen molar-refractivity contribution in [1.29, 1.82) is 0 Å². The van der Waals surface area contributed by atoms with Crippen molar-refractivity contribution < 1.29 is 0 Å². The monoisotopic (exact) mass is 329 g/mol. The summed E-state index contributed by atoms with van der Waals surface area (Å²) < 4.78 is 0. The first-order valence-corrected chi connectivity index (χ1v) is 7.85. The summed E-state index contributed by atoms with van der Waals surface area (Å²) >= 11 is 0. The van der Waals surface area contributed by atoms with Gasteiger partial charge in [0.05, 0.1) is 0 Å². The van der Waals surface area contributed by atoms with Gasteiger partial charge in [-0.3, -0.25) is 0 Å². The van der Waals surface area contributed by atoms with Gasteiger partial charge in [0.25, 0.3) is 0 Å².